The standard InChI is InChI=1S/C12H15NO3.C9H18N2O3.C6H13NO2/c14-12(15)11-6-10(7-13-11)16-8-9-4-2-1-3-5-9;1-9(2,3)14-8(13)6(10)4-5-7(11)12;1-3-4(2)5(7)6(8)9/h1-5,10-11,13H,6-8H2,(H,14,15);6H,4-5,10H2,1-3H3,(H2,11,12);4-5H,3,7H2,1-2H3,(H,8,9)/t10-,11-;6-;4-,5-/m000/s1. The van der Waals surface area contributed by atoms with Crippen molar-refractivity contribution < 1.29 is 38.9 Å². The van der Waals surface area contributed by atoms with Gasteiger partial charge in [0.15, 0.2) is 0 Å². The molecule has 1 aliphatic heterocycles. The van der Waals surface area contributed by atoms with Crippen molar-refractivity contribution in [3.63, 3.8) is 0 Å². The summed E-state index contributed by atoms with van der Waals surface area (Å²) in [6, 6.07) is 7.95. The summed E-state index contributed by atoms with van der Waals surface area (Å²) < 4.78 is 10.7. The lowest BCUT2D eigenvalue weighted by Crippen LogP contribution is -2.38. The minimum absolute atomic E-state index is 0.00121. The number of primary amides is 1. The molecule has 12 heteroatoms. The highest BCUT2D eigenvalue weighted by Crippen LogP contribution is 2.13. The summed E-state index contributed by atoms with van der Waals surface area (Å²) in [7, 11) is 0. The van der Waals surface area contributed by atoms with Crippen molar-refractivity contribution in [3.05, 3.63) is 35.9 Å². The minimum Gasteiger partial charge on any atom is -0.480 e. The molecule has 12 nitrogen and oxygen atoms in total. The van der Waals surface area contributed by atoms with Gasteiger partial charge in [-0.25, -0.2) is 0 Å². The number of benzene rings is 1. The normalized spacial score (nSPS) is 18.7. The second-order valence-electron chi connectivity index (χ2n) is 10.3. The zero-order valence-electron chi connectivity index (χ0n) is 23.6. The van der Waals surface area contributed by atoms with Crippen LogP contribution in [0.4, 0.5) is 0 Å². The van der Waals surface area contributed by atoms with Gasteiger partial charge in [-0.3, -0.25) is 19.2 Å². The van der Waals surface area contributed by atoms with Crippen LogP contribution in [0, 0.1) is 5.92 Å². The molecule has 0 saturated carbocycles. The molecule has 1 saturated heterocycles. The number of amides is 1. The molecule has 222 valence electrons. The summed E-state index contributed by atoms with van der Waals surface area (Å²) in [4.78, 5) is 42.6. The third-order valence-corrected chi connectivity index (χ3v) is 5.67. The fourth-order valence-electron chi connectivity index (χ4n) is 3.10. The maximum atomic E-state index is 11.3. The summed E-state index contributed by atoms with van der Waals surface area (Å²) >= 11 is 0. The molecule has 0 spiro atoms. The summed E-state index contributed by atoms with van der Waals surface area (Å²) in [6.45, 7) is 10.2. The van der Waals surface area contributed by atoms with Gasteiger partial charge in [0.2, 0.25) is 5.91 Å². The van der Waals surface area contributed by atoms with E-state index in [1.165, 1.54) is 0 Å². The molecule has 0 bridgehead atoms. The van der Waals surface area contributed by atoms with Crippen LogP contribution in [0.5, 0.6) is 0 Å². The first-order valence-electron chi connectivity index (χ1n) is 12.9. The second kappa shape index (κ2) is 18.3. The number of carboxylic acid groups (broad SMARTS) is 2. The number of esters is 1. The Balaban J connectivity index is 0.000000580. The first kappa shape index (κ1) is 35.9. The number of nitrogens with one attached hydrogen (secondary N) is 1. The van der Waals surface area contributed by atoms with Crippen molar-refractivity contribution in [3.8, 4) is 0 Å². The number of aliphatic carboxylic acids is 2. The first-order valence-corrected chi connectivity index (χ1v) is 12.9. The number of hydrogen-bond donors (Lipinski definition) is 6. The van der Waals surface area contributed by atoms with Crippen molar-refractivity contribution in [1.82, 2.24) is 5.32 Å². The number of ether oxygens (including phenoxy) is 2. The van der Waals surface area contributed by atoms with Crippen LogP contribution in [0.2, 0.25) is 0 Å². The van der Waals surface area contributed by atoms with E-state index in [2.05, 4.69) is 5.32 Å². The Kier molecular flexibility index (Phi) is 16.8. The van der Waals surface area contributed by atoms with E-state index in [-0.39, 0.29) is 24.9 Å². The fourth-order valence-corrected chi connectivity index (χ4v) is 3.10. The van der Waals surface area contributed by atoms with Crippen LogP contribution in [0.1, 0.15) is 65.9 Å². The molecule has 39 heavy (non-hydrogen) atoms. The molecular weight excluding hydrogens is 508 g/mol. The van der Waals surface area contributed by atoms with Gasteiger partial charge >= 0.3 is 17.9 Å². The lowest BCUT2D eigenvalue weighted by molar-refractivity contribution is -0.156. The van der Waals surface area contributed by atoms with E-state index < -0.39 is 47.5 Å². The number of carbonyl (C=O) groups is 4. The van der Waals surface area contributed by atoms with Gasteiger partial charge in [0.05, 0.1) is 12.7 Å². The summed E-state index contributed by atoms with van der Waals surface area (Å²) in [5, 5.41) is 20.1. The van der Waals surface area contributed by atoms with Gasteiger partial charge in [-0.2, -0.15) is 0 Å². The summed E-state index contributed by atoms with van der Waals surface area (Å²) in [5.74, 6) is -2.61. The monoisotopic (exact) mass is 554 g/mol. The van der Waals surface area contributed by atoms with Crippen LogP contribution in [0.15, 0.2) is 30.3 Å². The predicted octanol–water partition coefficient (Wildman–Crippen LogP) is 1.38. The third kappa shape index (κ3) is 17.2. The average Bonchev–Trinajstić information content (AvgIpc) is 3.35. The molecule has 1 aromatic rings. The predicted molar refractivity (Wildman–Crippen MR) is 146 cm³/mol. The molecule has 1 aromatic carbocycles. The Morgan fingerprint density at radius 3 is 2.10 bits per heavy atom. The maximum absolute atomic E-state index is 11.3. The number of nitrogens with two attached hydrogens (primary N) is 3. The Morgan fingerprint density at radius 2 is 1.69 bits per heavy atom. The van der Waals surface area contributed by atoms with Gasteiger partial charge in [0, 0.05) is 19.4 Å². The lowest BCUT2D eigenvalue weighted by Gasteiger charge is -2.21. The number of hydrogen-bond acceptors (Lipinski definition) is 9. The summed E-state index contributed by atoms with van der Waals surface area (Å²) in [6.07, 6.45) is 1.68. The first-order chi connectivity index (χ1) is 18.1. The maximum Gasteiger partial charge on any atom is 0.323 e. The van der Waals surface area contributed by atoms with Gasteiger partial charge in [-0.1, -0.05) is 50.6 Å². The van der Waals surface area contributed by atoms with Gasteiger partial charge in [0.1, 0.15) is 23.7 Å². The molecule has 0 radical (unpaired) electrons. The molecule has 0 aliphatic carbocycles. The van der Waals surface area contributed by atoms with Crippen molar-refractivity contribution in [2.24, 2.45) is 23.1 Å². The molecule has 9 N–H and O–H groups in total. The quantitative estimate of drug-likeness (QED) is 0.215. The van der Waals surface area contributed by atoms with Crippen LogP contribution in [0.25, 0.3) is 0 Å². The molecule has 1 fully saturated rings. The van der Waals surface area contributed by atoms with Gasteiger partial charge in [-0.05, 0) is 38.7 Å². The van der Waals surface area contributed by atoms with E-state index in [0.29, 0.717) is 19.6 Å². The highest BCUT2D eigenvalue weighted by Gasteiger charge is 2.29. The number of carbonyl (C=O) groups excluding carboxylic acids is 2. The highest BCUT2D eigenvalue weighted by atomic mass is 16.6. The Labute approximate surface area is 230 Å². The van der Waals surface area contributed by atoms with Crippen molar-refractivity contribution in [2.45, 2.75) is 96.7 Å². The van der Waals surface area contributed by atoms with Crippen LogP contribution in [0.3, 0.4) is 0 Å². The second-order valence-corrected chi connectivity index (χ2v) is 10.3. The Morgan fingerprint density at radius 1 is 1.10 bits per heavy atom. The number of rotatable bonds is 11. The lowest BCUT2D eigenvalue weighted by atomic mass is 10.0. The molecule has 1 amide bonds. The van der Waals surface area contributed by atoms with Crippen molar-refractivity contribution in [2.75, 3.05) is 6.54 Å². The smallest absolute Gasteiger partial charge is 0.323 e. The van der Waals surface area contributed by atoms with E-state index >= 15 is 0 Å². The van der Waals surface area contributed by atoms with Crippen molar-refractivity contribution >= 4 is 23.8 Å². The van der Waals surface area contributed by atoms with E-state index in [1.807, 2.05) is 44.2 Å². The molecule has 1 heterocycles. The molecule has 5 atom stereocenters. The molecule has 2 rings (SSSR count). The molecule has 0 unspecified atom stereocenters. The third-order valence-electron chi connectivity index (χ3n) is 5.67. The summed E-state index contributed by atoms with van der Waals surface area (Å²) in [5.41, 5.74) is 16.2. The average molecular weight is 555 g/mol. The molecule has 1 aliphatic rings. The zero-order valence-corrected chi connectivity index (χ0v) is 23.6. The van der Waals surface area contributed by atoms with Gasteiger partial charge in [-0.15, -0.1) is 0 Å². The zero-order chi connectivity index (χ0) is 30.2. The Hall–Kier alpha value is -3.06. The topological polar surface area (TPSA) is 217 Å². The largest absolute Gasteiger partial charge is 0.480 e. The SMILES string of the molecule is CC(C)(C)OC(=O)[C@@H](N)CCC(N)=O.CC[C@H](C)[C@H](N)C(=O)O.O=C(O)[C@@H]1C[C@H](OCc2ccccc2)CN1. The van der Waals surface area contributed by atoms with Crippen LogP contribution >= 0.6 is 0 Å². The Bertz CT molecular complexity index is 892. The number of carboxylic acids is 2. The highest BCUT2D eigenvalue weighted by molar-refractivity contribution is 5.78. The van der Waals surface area contributed by atoms with Crippen LogP contribution in [-0.2, 0) is 35.3 Å². The molecule has 0 aromatic heterocycles. The van der Waals surface area contributed by atoms with Crippen molar-refractivity contribution in [1.29, 1.82) is 0 Å². The van der Waals surface area contributed by atoms with E-state index in [9.17, 15) is 19.2 Å². The minimum atomic E-state index is -0.913. The van der Waals surface area contributed by atoms with E-state index in [0.717, 1.165) is 12.0 Å². The fraction of sp³-hybridized carbons (Fsp3) is 0.630. The van der Waals surface area contributed by atoms with Gasteiger partial charge in [0.25, 0.3) is 0 Å². The van der Waals surface area contributed by atoms with Gasteiger partial charge < -0.3 is 42.2 Å². The molecular formula is C27H46N4O8. The van der Waals surface area contributed by atoms with Crippen LogP contribution < -0.4 is 22.5 Å². The van der Waals surface area contributed by atoms with E-state index in [1.54, 1.807) is 20.8 Å². The van der Waals surface area contributed by atoms with E-state index in [4.69, 9.17) is 36.9 Å². The van der Waals surface area contributed by atoms with Crippen LogP contribution in [-0.4, -0.2) is 70.4 Å².